The highest BCUT2D eigenvalue weighted by Crippen LogP contribution is 2.27. The summed E-state index contributed by atoms with van der Waals surface area (Å²) in [5, 5.41) is 8.88. The maximum atomic E-state index is 8.88. The summed E-state index contributed by atoms with van der Waals surface area (Å²) >= 11 is 0. The van der Waals surface area contributed by atoms with Crippen molar-refractivity contribution in [3.63, 3.8) is 0 Å². The van der Waals surface area contributed by atoms with Gasteiger partial charge in [-0.1, -0.05) is 0 Å². The molecule has 0 aliphatic rings. The van der Waals surface area contributed by atoms with Gasteiger partial charge in [0.1, 0.15) is 17.6 Å². The first-order chi connectivity index (χ1) is 8.65. The van der Waals surface area contributed by atoms with Crippen molar-refractivity contribution in [2.45, 2.75) is 13.8 Å². The van der Waals surface area contributed by atoms with E-state index in [-0.39, 0.29) is 0 Å². The normalized spacial score (nSPS) is 10.1. The lowest BCUT2D eigenvalue weighted by atomic mass is 10.1. The van der Waals surface area contributed by atoms with Gasteiger partial charge in [0.25, 0.3) is 0 Å². The number of H-pyrrole nitrogens is 1. The molecule has 0 unspecified atom stereocenters. The molecule has 0 aliphatic heterocycles. The first kappa shape index (κ1) is 12.1. The topological polar surface area (TPSA) is 74.8 Å². The van der Waals surface area contributed by atoms with Crippen LogP contribution >= 0.6 is 0 Å². The van der Waals surface area contributed by atoms with E-state index < -0.39 is 0 Å². The average Bonchev–Trinajstić information content (AvgIpc) is 2.73. The van der Waals surface area contributed by atoms with E-state index in [4.69, 9.17) is 15.7 Å². The van der Waals surface area contributed by atoms with Crippen LogP contribution in [-0.4, -0.2) is 11.6 Å². The lowest BCUT2D eigenvalue weighted by Gasteiger charge is -2.08. The monoisotopic (exact) mass is 241 g/mol. The zero-order chi connectivity index (χ0) is 13.1. The highest BCUT2D eigenvalue weighted by atomic mass is 16.5. The molecular weight excluding hydrogens is 226 g/mol. The minimum Gasteiger partial charge on any atom is -0.494 e. The van der Waals surface area contributed by atoms with Crippen molar-refractivity contribution < 1.29 is 4.74 Å². The van der Waals surface area contributed by atoms with Gasteiger partial charge in [-0.25, -0.2) is 0 Å². The number of hydrogen-bond donors (Lipinski definition) is 2. The minimum absolute atomic E-state index is 0.402. The van der Waals surface area contributed by atoms with Crippen LogP contribution < -0.4 is 10.5 Å². The van der Waals surface area contributed by atoms with Gasteiger partial charge >= 0.3 is 0 Å². The fourth-order valence-electron chi connectivity index (χ4n) is 1.85. The Morgan fingerprint density at radius 2 is 2.17 bits per heavy atom. The lowest BCUT2D eigenvalue weighted by molar-refractivity contribution is 0.338. The van der Waals surface area contributed by atoms with Crippen molar-refractivity contribution in [2.75, 3.05) is 12.3 Å². The van der Waals surface area contributed by atoms with Crippen molar-refractivity contribution in [1.29, 1.82) is 5.26 Å². The molecule has 4 nitrogen and oxygen atoms in total. The van der Waals surface area contributed by atoms with Crippen LogP contribution in [0.15, 0.2) is 24.3 Å². The van der Waals surface area contributed by atoms with Crippen LogP contribution in [0.3, 0.4) is 0 Å². The number of aromatic amines is 1. The van der Waals surface area contributed by atoms with Crippen LogP contribution in [0.1, 0.15) is 18.1 Å². The molecule has 1 aromatic heterocycles. The third-order valence-corrected chi connectivity index (χ3v) is 2.75. The summed E-state index contributed by atoms with van der Waals surface area (Å²) < 4.78 is 5.49. The molecule has 1 heterocycles. The number of nitrogens with zero attached hydrogens (tertiary/aromatic N) is 1. The number of nitrogens with one attached hydrogen (secondary N) is 1. The van der Waals surface area contributed by atoms with E-state index in [0.29, 0.717) is 18.0 Å². The number of nitrogens with two attached hydrogens (primary N) is 1. The number of anilines is 1. The largest absolute Gasteiger partial charge is 0.494 e. The molecule has 0 fully saturated rings. The number of rotatable bonds is 3. The second kappa shape index (κ2) is 4.84. The maximum Gasteiger partial charge on any atom is 0.122 e. The summed E-state index contributed by atoms with van der Waals surface area (Å²) in [4.78, 5) is 3.01. The van der Waals surface area contributed by atoms with Gasteiger partial charge in [0.05, 0.1) is 12.2 Å². The number of nitriles is 1. The zero-order valence-corrected chi connectivity index (χ0v) is 10.4. The molecule has 0 bridgehead atoms. The highest BCUT2D eigenvalue weighted by Gasteiger charge is 2.08. The second-order valence-corrected chi connectivity index (χ2v) is 4.04. The third kappa shape index (κ3) is 2.16. The number of hydrogen-bond acceptors (Lipinski definition) is 3. The fourth-order valence-corrected chi connectivity index (χ4v) is 1.85. The smallest absolute Gasteiger partial charge is 0.122 e. The van der Waals surface area contributed by atoms with Gasteiger partial charge in [0.15, 0.2) is 0 Å². The van der Waals surface area contributed by atoms with Crippen LogP contribution in [0.2, 0.25) is 0 Å². The quantitative estimate of drug-likeness (QED) is 0.867. The van der Waals surface area contributed by atoms with Crippen LogP contribution in [0.25, 0.3) is 11.3 Å². The van der Waals surface area contributed by atoms with E-state index in [9.17, 15) is 0 Å². The number of aromatic nitrogens is 1. The van der Waals surface area contributed by atoms with E-state index in [0.717, 1.165) is 22.6 Å². The standard InChI is InChI=1S/C14H15N3O/c1-3-18-13-5-4-10(6-9(13)2)12-7-11(8-15)14(16)17-12/h4-7,17H,3,16H2,1-2H3. The summed E-state index contributed by atoms with van der Waals surface area (Å²) in [5.41, 5.74) is 9.06. The van der Waals surface area contributed by atoms with Crippen molar-refractivity contribution in [3.8, 4) is 23.1 Å². The Kier molecular flexibility index (Phi) is 3.24. The van der Waals surface area contributed by atoms with E-state index in [1.165, 1.54) is 0 Å². The zero-order valence-electron chi connectivity index (χ0n) is 10.4. The number of benzene rings is 1. The molecule has 92 valence electrons. The summed E-state index contributed by atoms with van der Waals surface area (Å²) in [7, 11) is 0. The molecule has 2 rings (SSSR count). The average molecular weight is 241 g/mol. The van der Waals surface area contributed by atoms with Crippen LogP contribution in [0.5, 0.6) is 5.75 Å². The van der Waals surface area contributed by atoms with Crippen molar-refractivity contribution >= 4 is 5.82 Å². The van der Waals surface area contributed by atoms with Gasteiger partial charge in [-0.2, -0.15) is 5.26 Å². The van der Waals surface area contributed by atoms with Gasteiger partial charge in [0, 0.05) is 5.69 Å². The van der Waals surface area contributed by atoms with Crippen molar-refractivity contribution in [2.24, 2.45) is 0 Å². The Balaban J connectivity index is 2.39. The predicted molar refractivity (Wildman–Crippen MR) is 71.3 cm³/mol. The van der Waals surface area contributed by atoms with Crippen molar-refractivity contribution in [3.05, 3.63) is 35.4 Å². The Labute approximate surface area is 106 Å². The fraction of sp³-hybridized carbons (Fsp3) is 0.214. The molecule has 0 radical (unpaired) electrons. The van der Waals surface area contributed by atoms with Gasteiger partial charge in [-0.3, -0.25) is 0 Å². The van der Waals surface area contributed by atoms with Crippen LogP contribution in [0.4, 0.5) is 5.82 Å². The summed E-state index contributed by atoms with van der Waals surface area (Å²) in [5.74, 6) is 1.28. The van der Waals surface area contributed by atoms with Crippen LogP contribution in [0, 0.1) is 18.3 Å². The summed E-state index contributed by atoms with van der Waals surface area (Å²) in [6, 6.07) is 9.69. The van der Waals surface area contributed by atoms with Gasteiger partial charge in [-0.15, -0.1) is 0 Å². The summed E-state index contributed by atoms with van der Waals surface area (Å²) in [6.07, 6.45) is 0. The Morgan fingerprint density at radius 3 is 2.72 bits per heavy atom. The van der Waals surface area contributed by atoms with Gasteiger partial charge in [-0.05, 0) is 49.2 Å². The molecule has 0 spiro atoms. The molecule has 0 saturated carbocycles. The van der Waals surface area contributed by atoms with E-state index in [2.05, 4.69) is 11.1 Å². The van der Waals surface area contributed by atoms with E-state index >= 15 is 0 Å². The van der Waals surface area contributed by atoms with Crippen LogP contribution in [-0.2, 0) is 0 Å². The predicted octanol–water partition coefficient (Wildman–Crippen LogP) is 2.84. The first-order valence-electron chi connectivity index (χ1n) is 5.78. The molecule has 2 aromatic rings. The van der Waals surface area contributed by atoms with E-state index in [1.54, 1.807) is 6.07 Å². The molecule has 4 heteroatoms. The number of aryl methyl sites for hydroxylation is 1. The SMILES string of the molecule is CCOc1ccc(-c2cc(C#N)c(N)[nH]2)cc1C. The minimum atomic E-state index is 0.402. The Morgan fingerprint density at radius 1 is 1.39 bits per heavy atom. The molecule has 0 aliphatic carbocycles. The lowest BCUT2D eigenvalue weighted by Crippen LogP contribution is -1.94. The first-order valence-corrected chi connectivity index (χ1v) is 5.78. The highest BCUT2D eigenvalue weighted by molar-refractivity contribution is 5.68. The molecule has 18 heavy (non-hydrogen) atoms. The maximum absolute atomic E-state index is 8.88. The molecule has 0 saturated heterocycles. The third-order valence-electron chi connectivity index (χ3n) is 2.75. The molecule has 3 N–H and O–H groups in total. The molecule has 1 aromatic carbocycles. The van der Waals surface area contributed by atoms with Gasteiger partial charge in [0.2, 0.25) is 0 Å². The summed E-state index contributed by atoms with van der Waals surface area (Å²) in [6.45, 7) is 4.60. The molecular formula is C14H15N3O. The number of ether oxygens (including phenoxy) is 1. The van der Waals surface area contributed by atoms with E-state index in [1.807, 2.05) is 32.0 Å². The molecule has 0 amide bonds. The second-order valence-electron chi connectivity index (χ2n) is 4.04. The van der Waals surface area contributed by atoms with Gasteiger partial charge < -0.3 is 15.5 Å². The van der Waals surface area contributed by atoms with Crippen molar-refractivity contribution in [1.82, 2.24) is 4.98 Å². The number of nitrogen functional groups attached to an aromatic ring is 1. The Bertz CT molecular complexity index is 608. The molecule has 0 atom stereocenters. The Hall–Kier alpha value is -2.41.